The molecule has 0 bridgehead atoms. The Morgan fingerprint density at radius 3 is 2.42 bits per heavy atom. The fourth-order valence-electron chi connectivity index (χ4n) is 3.19. The van der Waals surface area contributed by atoms with Crippen LogP contribution in [0.4, 0.5) is 5.69 Å². The highest BCUT2D eigenvalue weighted by Gasteiger charge is 2.27. The number of nitrogens with zero attached hydrogens (tertiary/aromatic N) is 2. The van der Waals surface area contributed by atoms with Gasteiger partial charge >= 0.3 is 0 Å². The molecule has 4 heteroatoms. The van der Waals surface area contributed by atoms with Gasteiger partial charge in [-0.05, 0) is 36.8 Å². The first-order valence-corrected chi connectivity index (χ1v) is 8.52. The number of anilines is 1. The van der Waals surface area contributed by atoms with Gasteiger partial charge in [0.05, 0.1) is 0 Å². The van der Waals surface area contributed by atoms with Gasteiger partial charge in [0.2, 0.25) is 0 Å². The van der Waals surface area contributed by atoms with Crippen molar-refractivity contribution in [1.29, 1.82) is 0 Å². The number of amides is 1. The zero-order valence-electron chi connectivity index (χ0n) is 14.4. The van der Waals surface area contributed by atoms with E-state index in [1.807, 2.05) is 42.3 Å². The maximum atomic E-state index is 12.7. The third-order valence-corrected chi connectivity index (χ3v) is 4.70. The third kappa shape index (κ3) is 3.77. The Labute approximate surface area is 144 Å². The molecule has 1 aliphatic rings. The van der Waals surface area contributed by atoms with Crippen LogP contribution in [-0.4, -0.2) is 48.4 Å². The summed E-state index contributed by atoms with van der Waals surface area (Å²) in [5.41, 5.74) is 3.11. The van der Waals surface area contributed by atoms with Crippen LogP contribution in [0.5, 0.6) is 0 Å². The largest absolute Gasteiger partial charge is 0.388 e. The molecular formula is C20H25N3O. The summed E-state index contributed by atoms with van der Waals surface area (Å²) in [5.74, 6) is 0.129. The zero-order chi connectivity index (χ0) is 16.9. The van der Waals surface area contributed by atoms with Crippen LogP contribution in [0.15, 0.2) is 54.6 Å². The molecule has 4 nitrogen and oxygen atoms in total. The first-order chi connectivity index (χ1) is 11.7. The number of carbonyl (C=O) groups excluding carboxylic acids is 1. The standard InChI is InChI=1S/C20H25N3O/c1-16-14-23(20(24)18-8-10-19(21-2)11-9-18)13-12-22(16)15-17-6-4-3-5-7-17/h3-11,16,21H,12-15H2,1-2H3. The second-order valence-electron chi connectivity index (χ2n) is 6.38. The minimum absolute atomic E-state index is 0.129. The van der Waals surface area contributed by atoms with Gasteiger partial charge in [0.1, 0.15) is 0 Å². The summed E-state index contributed by atoms with van der Waals surface area (Å²) < 4.78 is 0. The minimum Gasteiger partial charge on any atom is -0.388 e. The van der Waals surface area contributed by atoms with Crippen molar-refractivity contribution in [2.24, 2.45) is 0 Å². The van der Waals surface area contributed by atoms with Crippen molar-refractivity contribution in [3.63, 3.8) is 0 Å². The number of hydrogen-bond donors (Lipinski definition) is 1. The Bertz CT molecular complexity index is 669. The predicted molar refractivity (Wildman–Crippen MR) is 98.2 cm³/mol. The van der Waals surface area contributed by atoms with Gasteiger partial charge in [-0.15, -0.1) is 0 Å². The highest BCUT2D eigenvalue weighted by molar-refractivity contribution is 5.94. The maximum Gasteiger partial charge on any atom is 0.253 e. The summed E-state index contributed by atoms with van der Waals surface area (Å²) in [4.78, 5) is 17.1. The maximum absolute atomic E-state index is 12.7. The molecule has 24 heavy (non-hydrogen) atoms. The molecule has 1 atom stereocenters. The van der Waals surface area contributed by atoms with Gasteiger partial charge < -0.3 is 10.2 Å². The molecule has 0 aliphatic carbocycles. The van der Waals surface area contributed by atoms with Gasteiger partial charge in [0.15, 0.2) is 0 Å². The quantitative estimate of drug-likeness (QED) is 0.939. The SMILES string of the molecule is CNc1ccc(C(=O)N2CCN(Cc3ccccc3)C(C)C2)cc1. The van der Waals surface area contributed by atoms with Gasteiger partial charge in [-0.1, -0.05) is 30.3 Å². The highest BCUT2D eigenvalue weighted by Crippen LogP contribution is 2.17. The van der Waals surface area contributed by atoms with Crippen LogP contribution in [0.3, 0.4) is 0 Å². The molecule has 2 aromatic rings. The van der Waals surface area contributed by atoms with Gasteiger partial charge in [-0.3, -0.25) is 9.69 Å². The fraction of sp³-hybridized carbons (Fsp3) is 0.350. The molecule has 3 rings (SSSR count). The Morgan fingerprint density at radius 2 is 1.79 bits per heavy atom. The van der Waals surface area contributed by atoms with Gasteiger partial charge in [-0.25, -0.2) is 0 Å². The summed E-state index contributed by atoms with van der Waals surface area (Å²) in [5, 5.41) is 3.08. The van der Waals surface area contributed by atoms with E-state index < -0.39 is 0 Å². The van der Waals surface area contributed by atoms with E-state index in [1.165, 1.54) is 5.56 Å². The lowest BCUT2D eigenvalue weighted by Crippen LogP contribution is -2.53. The Morgan fingerprint density at radius 1 is 1.08 bits per heavy atom. The Hall–Kier alpha value is -2.33. The average molecular weight is 323 g/mol. The van der Waals surface area contributed by atoms with E-state index in [2.05, 4.69) is 41.4 Å². The zero-order valence-corrected chi connectivity index (χ0v) is 14.4. The molecule has 1 unspecified atom stereocenters. The summed E-state index contributed by atoms with van der Waals surface area (Å²) >= 11 is 0. The number of carbonyl (C=O) groups is 1. The van der Waals surface area contributed by atoms with E-state index >= 15 is 0 Å². The van der Waals surface area contributed by atoms with Crippen molar-refractivity contribution in [3.8, 4) is 0 Å². The number of hydrogen-bond acceptors (Lipinski definition) is 3. The van der Waals surface area contributed by atoms with Crippen molar-refractivity contribution in [2.75, 3.05) is 32.0 Å². The molecule has 1 fully saturated rings. The van der Waals surface area contributed by atoms with Crippen molar-refractivity contribution >= 4 is 11.6 Å². The molecule has 126 valence electrons. The first kappa shape index (κ1) is 16.5. The van der Waals surface area contributed by atoms with Crippen LogP contribution in [-0.2, 0) is 6.54 Å². The van der Waals surface area contributed by atoms with E-state index in [1.54, 1.807) is 0 Å². The Balaban J connectivity index is 1.61. The van der Waals surface area contributed by atoms with Crippen molar-refractivity contribution < 1.29 is 4.79 Å². The van der Waals surface area contributed by atoms with Gasteiger partial charge in [-0.2, -0.15) is 0 Å². The van der Waals surface area contributed by atoms with Crippen LogP contribution < -0.4 is 5.32 Å². The molecule has 1 N–H and O–H groups in total. The molecule has 1 saturated heterocycles. The average Bonchev–Trinajstić information content (AvgIpc) is 2.64. The van der Waals surface area contributed by atoms with Gasteiger partial charge in [0, 0.05) is 50.5 Å². The van der Waals surface area contributed by atoms with Crippen molar-refractivity contribution in [1.82, 2.24) is 9.80 Å². The summed E-state index contributed by atoms with van der Waals surface area (Å²) in [6, 6.07) is 18.6. The molecule has 0 aromatic heterocycles. The predicted octanol–water partition coefficient (Wildman–Crippen LogP) is 3.07. The molecule has 1 heterocycles. The molecule has 1 aliphatic heterocycles. The summed E-state index contributed by atoms with van der Waals surface area (Å²) in [7, 11) is 1.88. The second-order valence-corrected chi connectivity index (χ2v) is 6.38. The van der Waals surface area contributed by atoms with Crippen molar-refractivity contribution in [3.05, 3.63) is 65.7 Å². The topological polar surface area (TPSA) is 35.6 Å². The summed E-state index contributed by atoms with van der Waals surface area (Å²) in [6.45, 7) is 5.62. The van der Waals surface area contributed by atoms with E-state index in [-0.39, 0.29) is 5.91 Å². The lowest BCUT2D eigenvalue weighted by Gasteiger charge is -2.40. The second kappa shape index (κ2) is 7.49. The van der Waals surface area contributed by atoms with Crippen LogP contribution in [0, 0.1) is 0 Å². The van der Waals surface area contributed by atoms with Crippen LogP contribution in [0.25, 0.3) is 0 Å². The molecular weight excluding hydrogens is 298 g/mol. The summed E-state index contributed by atoms with van der Waals surface area (Å²) in [6.07, 6.45) is 0. The number of nitrogens with one attached hydrogen (secondary N) is 1. The van der Waals surface area contributed by atoms with E-state index in [0.717, 1.165) is 37.4 Å². The van der Waals surface area contributed by atoms with Crippen molar-refractivity contribution in [2.45, 2.75) is 19.5 Å². The lowest BCUT2D eigenvalue weighted by molar-refractivity contribution is 0.0495. The molecule has 2 aromatic carbocycles. The van der Waals surface area contributed by atoms with Crippen LogP contribution >= 0.6 is 0 Å². The smallest absolute Gasteiger partial charge is 0.253 e. The number of rotatable bonds is 4. The third-order valence-electron chi connectivity index (χ3n) is 4.70. The Kier molecular flexibility index (Phi) is 5.16. The monoisotopic (exact) mass is 323 g/mol. The molecule has 0 radical (unpaired) electrons. The van der Waals surface area contributed by atoms with E-state index in [9.17, 15) is 4.79 Å². The van der Waals surface area contributed by atoms with Crippen LogP contribution in [0.1, 0.15) is 22.8 Å². The molecule has 0 saturated carbocycles. The first-order valence-electron chi connectivity index (χ1n) is 8.52. The normalized spacial score (nSPS) is 18.4. The fourth-order valence-corrected chi connectivity index (χ4v) is 3.19. The number of piperazine rings is 1. The van der Waals surface area contributed by atoms with E-state index in [0.29, 0.717) is 6.04 Å². The molecule has 1 amide bonds. The van der Waals surface area contributed by atoms with Crippen LogP contribution in [0.2, 0.25) is 0 Å². The highest BCUT2D eigenvalue weighted by atomic mass is 16.2. The minimum atomic E-state index is 0.129. The molecule has 0 spiro atoms. The van der Waals surface area contributed by atoms with E-state index in [4.69, 9.17) is 0 Å². The number of benzene rings is 2. The lowest BCUT2D eigenvalue weighted by atomic mass is 10.1. The van der Waals surface area contributed by atoms with Gasteiger partial charge in [0.25, 0.3) is 5.91 Å².